The number of carbonyl (C=O) groups is 1. The summed E-state index contributed by atoms with van der Waals surface area (Å²) in [7, 11) is 0. The van der Waals surface area contributed by atoms with Crippen molar-refractivity contribution in [3.8, 4) is 0 Å². The predicted octanol–water partition coefficient (Wildman–Crippen LogP) is 1.85. The molecule has 11 heavy (non-hydrogen) atoms. The van der Waals surface area contributed by atoms with E-state index in [9.17, 15) is 9.18 Å². The normalized spacial score (nSPS) is 21.4. The molecule has 1 atom stereocenters. The van der Waals surface area contributed by atoms with Crippen molar-refractivity contribution in [1.82, 2.24) is 0 Å². The number of carboxylic acids is 1. The molecule has 1 N–H and O–H groups in total. The van der Waals surface area contributed by atoms with Crippen molar-refractivity contribution in [3.05, 3.63) is 0 Å². The van der Waals surface area contributed by atoms with E-state index in [1.165, 1.54) is 13.8 Å². The predicted molar refractivity (Wildman–Crippen MR) is 39.0 cm³/mol. The number of aliphatic carboxylic acids is 1. The summed E-state index contributed by atoms with van der Waals surface area (Å²) >= 11 is 0. The smallest absolute Gasteiger partial charge is 0.312 e. The molecule has 2 nitrogen and oxygen atoms in total. The minimum Gasteiger partial charge on any atom is -0.481 e. The zero-order chi connectivity index (χ0) is 8.65. The van der Waals surface area contributed by atoms with Crippen LogP contribution in [0, 0.1) is 11.3 Å². The van der Waals surface area contributed by atoms with E-state index in [1.54, 1.807) is 0 Å². The Morgan fingerprint density at radius 3 is 2.36 bits per heavy atom. The van der Waals surface area contributed by atoms with E-state index in [0.717, 1.165) is 12.8 Å². The molecule has 1 aliphatic rings. The van der Waals surface area contributed by atoms with Crippen LogP contribution in [0.1, 0.15) is 26.7 Å². The van der Waals surface area contributed by atoms with Crippen LogP contribution in [-0.4, -0.2) is 17.2 Å². The van der Waals surface area contributed by atoms with Crippen molar-refractivity contribution >= 4 is 5.97 Å². The van der Waals surface area contributed by atoms with Crippen molar-refractivity contribution in [3.63, 3.8) is 0 Å². The molecule has 1 aliphatic carbocycles. The summed E-state index contributed by atoms with van der Waals surface area (Å²) < 4.78 is 13.2. The third-order valence-electron chi connectivity index (χ3n) is 2.28. The van der Waals surface area contributed by atoms with Crippen LogP contribution in [0.25, 0.3) is 0 Å². The van der Waals surface area contributed by atoms with Crippen LogP contribution in [-0.2, 0) is 4.79 Å². The highest BCUT2D eigenvalue weighted by Gasteiger charge is 2.46. The lowest BCUT2D eigenvalue weighted by Crippen LogP contribution is -2.35. The SMILES string of the molecule is CC(C)(C(=O)O)C(F)C1CC1. The molecule has 0 spiro atoms. The third kappa shape index (κ3) is 1.52. The van der Waals surface area contributed by atoms with Gasteiger partial charge in [-0.05, 0) is 32.6 Å². The molecule has 0 aromatic heterocycles. The number of rotatable bonds is 3. The summed E-state index contributed by atoms with van der Waals surface area (Å²) in [6.45, 7) is 2.89. The van der Waals surface area contributed by atoms with Gasteiger partial charge in [0.15, 0.2) is 0 Å². The van der Waals surface area contributed by atoms with Gasteiger partial charge < -0.3 is 5.11 Å². The fraction of sp³-hybridized carbons (Fsp3) is 0.875. The summed E-state index contributed by atoms with van der Waals surface area (Å²) in [5.41, 5.74) is -1.21. The average Bonchev–Trinajstić information content (AvgIpc) is 2.66. The van der Waals surface area contributed by atoms with Crippen molar-refractivity contribution in [2.24, 2.45) is 11.3 Å². The maximum Gasteiger partial charge on any atom is 0.312 e. The van der Waals surface area contributed by atoms with Crippen LogP contribution < -0.4 is 0 Å². The van der Waals surface area contributed by atoms with E-state index in [1.807, 2.05) is 0 Å². The lowest BCUT2D eigenvalue weighted by atomic mass is 9.85. The van der Waals surface area contributed by atoms with Gasteiger partial charge >= 0.3 is 5.97 Å². The van der Waals surface area contributed by atoms with Crippen LogP contribution >= 0.6 is 0 Å². The van der Waals surface area contributed by atoms with E-state index in [-0.39, 0.29) is 5.92 Å². The summed E-state index contributed by atoms with van der Waals surface area (Å²) in [5, 5.41) is 8.65. The maximum atomic E-state index is 13.2. The molecule has 1 rings (SSSR count). The largest absolute Gasteiger partial charge is 0.481 e. The van der Waals surface area contributed by atoms with E-state index in [4.69, 9.17) is 5.11 Å². The molecule has 0 bridgehead atoms. The summed E-state index contributed by atoms with van der Waals surface area (Å²) in [4.78, 5) is 10.6. The molecular formula is C8H13FO2. The Hall–Kier alpha value is -0.600. The second kappa shape index (κ2) is 2.47. The average molecular weight is 160 g/mol. The van der Waals surface area contributed by atoms with Crippen molar-refractivity contribution in [1.29, 1.82) is 0 Å². The molecule has 3 heteroatoms. The van der Waals surface area contributed by atoms with E-state index >= 15 is 0 Å². The molecule has 0 saturated heterocycles. The Kier molecular flexibility index (Phi) is 1.90. The van der Waals surface area contributed by atoms with Gasteiger partial charge in [-0.25, -0.2) is 4.39 Å². The number of hydrogen-bond donors (Lipinski definition) is 1. The number of hydrogen-bond acceptors (Lipinski definition) is 1. The summed E-state index contributed by atoms with van der Waals surface area (Å²) in [6.07, 6.45) is 0.510. The number of halogens is 1. The molecule has 0 heterocycles. The summed E-state index contributed by atoms with van der Waals surface area (Å²) in [5.74, 6) is -1.04. The van der Waals surface area contributed by atoms with E-state index in [0.29, 0.717) is 0 Å². The van der Waals surface area contributed by atoms with Crippen LogP contribution in [0.2, 0.25) is 0 Å². The minimum absolute atomic E-state index is 0.00102. The molecule has 1 saturated carbocycles. The molecule has 0 amide bonds. The fourth-order valence-electron chi connectivity index (χ4n) is 1.10. The number of alkyl halides is 1. The molecule has 0 aromatic rings. The lowest BCUT2D eigenvalue weighted by molar-refractivity contribution is -0.151. The van der Waals surface area contributed by atoms with Gasteiger partial charge in [-0.2, -0.15) is 0 Å². The number of carboxylic acid groups (broad SMARTS) is 1. The highest BCUT2D eigenvalue weighted by molar-refractivity contribution is 5.74. The Balaban J connectivity index is 2.61. The Labute approximate surface area is 65.4 Å². The van der Waals surface area contributed by atoms with E-state index < -0.39 is 17.6 Å². The van der Waals surface area contributed by atoms with Gasteiger partial charge in [-0.1, -0.05) is 0 Å². The Bertz CT molecular complexity index is 173. The monoisotopic (exact) mass is 160 g/mol. The van der Waals surface area contributed by atoms with E-state index in [2.05, 4.69) is 0 Å². The summed E-state index contributed by atoms with van der Waals surface area (Å²) in [6, 6.07) is 0. The van der Waals surface area contributed by atoms with Crippen LogP contribution in [0.15, 0.2) is 0 Å². The Morgan fingerprint density at radius 2 is 2.09 bits per heavy atom. The zero-order valence-corrected chi connectivity index (χ0v) is 6.80. The molecule has 1 fully saturated rings. The Morgan fingerprint density at radius 1 is 1.64 bits per heavy atom. The minimum atomic E-state index is -1.21. The van der Waals surface area contributed by atoms with Crippen LogP contribution in [0.4, 0.5) is 4.39 Å². The van der Waals surface area contributed by atoms with Gasteiger partial charge in [0.1, 0.15) is 6.17 Å². The third-order valence-corrected chi connectivity index (χ3v) is 2.28. The van der Waals surface area contributed by atoms with Gasteiger partial charge in [-0.3, -0.25) is 4.79 Å². The molecule has 1 unspecified atom stereocenters. The standard InChI is InChI=1S/C8H13FO2/c1-8(2,7(10)11)6(9)5-3-4-5/h5-6H,3-4H2,1-2H3,(H,10,11). The second-order valence-corrected chi connectivity index (χ2v) is 3.77. The molecular weight excluding hydrogens is 147 g/mol. The van der Waals surface area contributed by atoms with Crippen molar-refractivity contribution in [2.45, 2.75) is 32.9 Å². The fourth-order valence-corrected chi connectivity index (χ4v) is 1.10. The quantitative estimate of drug-likeness (QED) is 0.684. The van der Waals surface area contributed by atoms with Crippen molar-refractivity contribution in [2.75, 3.05) is 0 Å². The molecule has 0 radical (unpaired) electrons. The van der Waals surface area contributed by atoms with Gasteiger partial charge in [0, 0.05) is 0 Å². The highest BCUT2D eigenvalue weighted by Crippen LogP contribution is 2.42. The first-order valence-electron chi connectivity index (χ1n) is 3.83. The molecule has 0 aromatic carbocycles. The van der Waals surface area contributed by atoms with Gasteiger partial charge in [-0.15, -0.1) is 0 Å². The van der Waals surface area contributed by atoms with Gasteiger partial charge in [0.2, 0.25) is 0 Å². The zero-order valence-electron chi connectivity index (χ0n) is 6.80. The first kappa shape index (κ1) is 8.50. The topological polar surface area (TPSA) is 37.3 Å². The first-order chi connectivity index (χ1) is 4.96. The lowest BCUT2D eigenvalue weighted by Gasteiger charge is -2.23. The maximum absolute atomic E-state index is 13.2. The second-order valence-electron chi connectivity index (χ2n) is 3.77. The molecule has 64 valence electrons. The first-order valence-corrected chi connectivity index (χ1v) is 3.83. The van der Waals surface area contributed by atoms with Crippen LogP contribution in [0.3, 0.4) is 0 Å². The highest BCUT2D eigenvalue weighted by atomic mass is 19.1. The van der Waals surface area contributed by atoms with Gasteiger partial charge in [0.25, 0.3) is 0 Å². The van der Waals surface area contributed by atoms with Crippen molar-refractivity contribution < 1.29 is 14.3 Å². The van der Waals surface area contributed by atoms with Crippen LogP contribution in [0.5, 0.6) is 0 Å². The molecule has 0 aliphatic heterocycles. The van der Waals surface area contributed by atoms with Gasteiger partial charge in [0.05, 0.1) is 5.41 Å².